The molecular weight excluding hydrogens is 344 g/mol. The lowest BCUT2D eigenvalue weighted by molar-refractivity contribution is -0.115. The summed E-state index contributed by atoms with van der Waals surface area (Å²) in [6.07, 6.45) is 1.21. The third-order valence-electron chi connectivity index (χ3n) is 3.32. The van der Waals surface area contributed by atoms with Crippen LogP contribution in [0.25, 0.3) is 0 Å². The number of nitrogens with one attached hydrogen (secondary N) is 2. The summed E-state index contributed by atoms with van der Waals surface area (Å²) in [5, 5.41) is 2.76. The first-order valence-corrected chi connectivity index (χ1v) is 9.28. The van der Waals surface area contributed by atoms with Crippen LogP contribution in [0, 0.1) is 0 Å². The van der Waals surface area contributed by atoms with Gasteiger partial charge in [0.2, 0.25) is 15.9 Å². The molecule has 2 rings (SSSR count). The Hall–Kier alpha value is -2.74. The first-order chi connectivity index (χ1) is 11.8. The van der Waals surface area contributed by atoms with E-state index in [-0.39, 0.29) is 12.3 Å². The van der Waals surface area contributed by atoms with Crippen LogP contribution in [0.15, 0.2) is 42.5 Å². The number of rotatable bonds is 7. The molecular formula is C17H20N2O5S. The maximum atomic E-state index is 12.2. The summed E-state index contributed by atoms with van der Waals surface area (Å²) in [6, 6.07) is 11.6. The van der Waals surface area contributed by atoms with E-state index in [0.717, 1.165) is 11.8 Å². The third kappa shape index (κ3) is 5.68. The van der Waals surface area contributed by atoms with Gasteiger partial charge in [0.25, 0.3) is 0 Å². The van der Waals surface area contributed by atoms with Crippen molar-refractivity contribution in [3.8, 4) is 11.5 Å². The fourth-order valence-electron chi connectivity index (χ4n) is 2.21. The molecule has 0 aliphatic carbocycles. The Morgan fingerprint density at radius 2 is 1.64 bits per heavy atom. The van der Waals surface area contributed by atoms with Crippen molar-refractivity contribution in [2.45, 2.75) is 6.42 Å². The lowest BCUT2D eigenvalue weighted by atomic mass is 10.1. The summed E-state index contributed by atoms with van der Waals surface area (Å²) >= 11 is 0. The molecule has 0 aliphatic heterocycles. The number of benzene rings is 2. The van der Waals surface area contributed by atoms with E-state index in [2.05, 4.69) is 10.0 Å². The van der Waals surface area contributed by atoms with E-state index in [1.807, 2.05) is 0 Å². The summed E-state index contributed by atoms with van der Waals surface area (Å²) in [4.78, 5) is 12.2. The molecule has 0 fully saturated rings. The van der Waals surface area contributed by atoms with Crippen LogP contribution in [-0.2, 0) is 21.2 Å². The van der Waals surface area contributed by atoms with Crippen molar-refractivity contribution >= 4 is 27.3 Å². The highest BCUT2D eigenvalue weighted by atomic mass is 32.2. The van der Waals surface area contributed by atoms with Crippen molar-refractivity contribution in [3.05, 3.63) is 48.0 Å². The summed E-state index contributed by atoms with van der Waals surface area (Å²) in [5.74, 6) is 1.00. The van der Waals surface area contributed by atoms with E-state index in [1.165, 1.54) is 7.11 Å². The fraction of sp³-hybridized carbons (Fsp3) is 0.235. The van der Waals surface area contributed by atoms with Crippen molar-refractivity contribution in [3.63, 3.8) is 0 Å². The number of hydrogen-bond acceptors (Lipinski definition) is 5. The van der Waals surface area contributed by atoms with Gasteiger partial charge in [0.05, 0.1) is 26.9 Å². The zero-order valence-corrected chi connectivity index (χ0v) is 15.0. The molecule has 0 atom stereocenters. The van der Waals surface area contributed by atoms with E-state index in [0.29, 0.717) is 22.9 Å². The molecule has 0 saturated heterocycles. The number of carbonyl (C=O) groups is 1. The van der Waals surface area contributed by atoms with Crippen LogP contribution in [0.2, 0.25) is 0 Å². The van der Waals surface area contributed by atoms with Crippen LogP contribution in [0.3, 0.4) is 0 Å². The summed E-state index contributed by atoms with van der Waals surface area (Å²) in [7, 11) is -0.238. The highest BCUT2D eigenvalue weighted by molar-refractivity contribution is 7.92. The van der Waals surface area contributed by atoms with Crippen LogP contribution < -0.4 is 19.5 Å². The van der Waals surface area contributed by atoms with E-state index in [9.17, 15) is 13.2 Å². The van der Waals surface area contributed by atoms with E-state index < -0.39 is 10.0 Å². The van der Waals surface area contributed by atoms with Crippen molar-refractivity contribution in [2.75, 3.05) is 30.5 Å². The molecule has 134 valence electrons. The van der Waals surface area contributed by atoms with Gasteiger partial charge in [0, 0.05) is 23.0 Å². The Kier molecular flexibility index (Phi) is 5.87. The topological polar surface area (TPSA) is 93.7 Å². The quantitative estimate of drug-likeness (QED) is 0.786. The molecule has 0 aliphatic rings. The van der Waals surface area contributed by atoms with E-state index >= 15 is 0 Å². The number of amides is 1. The first kappa shape index (κ1) is 18.6. The lowest BCUT2D eigenvalue weighted by Gasteiger charge is -2.11. The van der Waals surface area contributed by atoms with Crippen molar-refractivity contribution in [1.29, 1.82) is 0 Å². The minimum atomic E-state index is -3.33. The molecule has 0 radical (unpaired) electrons. The van der Waals surface area contributed by atoms with Gasteiger partial charge in [-0.3, -0.25) is 9.52 Å². The third-order valence-corrected chi connectivity index (χ3v) is 3.92. The molecule has 1 amide bonds. The Labute approximate surface area is 147 Å². The Morgan fingerprint density at radius 1 is 1.00 bits per heavy atom. The molecule has 0 heterocycles. The summed E-state index contributed by atoms with van der Waals surface area (Å²) < 4.78 is 35.1. The molecule has 0 unspecified atom stereocenters. The average molecular weight is 364 g/mol. The van der Waals surface area contributed by atoms with Crippen LogP contribution in [0.5, 0.6) is 11.5 Å². The van der Waals surface area contributed by atoms with Crippen molar-refractivity contribution < 1.29 is 22.7 Å². The number of anilines is 2. The predicted molar refractivity (Wildman–Crippen MR) is 96.8 cm³/mol. The van der Waals surface area contributed by atoms with E-state index in [4.69, 9.17) is 9.47 Å². The molecule has 8 heteroatoms. The normalized spacial score (nSPS) is 10.8. The van der Waals surface area contributed by atoms with Crippen LogP contribution in [-0.4, -0.2) is 34.8 Å². The maximum absolute atomic E-state index is 12.2. The highest BCUT2D eigenvalue weighted by Gasteiger charge is 2.10. The highest BCUT2D eigenvalue weighted by Crippen LogP contribution is 2.25. The number of ether oxygens (including phenoxy) is 2. The molecule has 0 spiro atoms. The average Bonchev–Trinajstić information content (AvgIpc) is 2.55. The van der Waals surface area contributed by atoms with Crippen molar-refractivity contribution in [2.24, 2.45) is 0 Å². The SMILES string of the molecule is COc1ccc(CC(=O)Nc2ccc(NS(C)(=O)=O)cc2)c(OC)c1. The summed E-state index contributed by atoms with van der Waals surface area (Å²) in [5.41, 5.74) is 1.73. The predicted octanol–water partition coefficient (Wildman–Crippen LogP) is 2.26. The van der Waals surface area contributed by atoms with Gasteiger partial charge < -0.3 is 14.8 Å². The van der Waals surface area contributed by atoms with Crippen LogP contribution in [0.1, 0.15) is 5.56 Å². The van der Waals surface area contributed by atoms with E-state index in [1.54, 1.807) is 49.6 Å². The molecule has 0 saturated carbocycles. The van der Waals surface area contributed by atoms with Crippen LogP contribution >= 0.6 is 0 Å². The van der Waals surface area contributed by atoms with Gasteiger partial charge in [0.1, 0.15) is 11.5 Å². The number of hydrogen-bond donors (Lipinski definition) is 2. The van der Waals surface area contributed by atoms with Crippen molar-refractivity contribution in [1.82, 2.24) is 0 Å². The molecule has 0 bridgehead atoms. The number of methoxy groups -OCH3 is 2. The van der Waals surface area contributed by atoms with Gasteiger partial charge in [-0.1, -0.05) is 6.07 Å². The standard InChI is InChI=1S/C17H20N2O5S/c1-23-15-9-4-12(16(11-15)24-2)10-17(20)18-13-5-7-14(8-6-13)19-25(3,21)22/h4-9,11,19H,10H2,1-3H3,(H,18,20). The van der Waals surface area contributed by atoms with Gasteiger partial charge >= 0.3 is 0 Å². The maximum Gasteiger partial charge on any atom is 0.229 e. The fourth-order valence-corrected chi connectivity index (χ4v) is 2.78. The van der Waals surface area contributed by atoms with Gasteiger partial charge in [0.15, 0.2) is 0 Å². The molecule has 2 aromatic rings. The zero-order valence-electron chi connectivity index (χ0n) is 14.2. The first-order valence-electron chi connectivity index (χ1n) is 7.39. The second kappa shape index (κ2) is 7.89. The molecule has 25 heavy (non-hydrogen) atoms. The minimum Gasteiger partial charge on any atom is -0.497 e. The molecule has 7 nitrogen and oxygen atoms in total. The second-order valence-corrected chi connectivity index (χ2v) is 7.10. The van der Waals surface area contributed by atoms with Gasteiger partial charge in [-0.05, 0) is 30.3 Å². The monoisotopic (exact) mass is 364 g/mol. The molecule has 0 aromatic heterocycles. The number of sulfonamides is 1. The molecule has 2 aromatic carbocycles. The lowest BCUT2D eigenvalue weighted by Crippen LogP contribution is -2.15. The van der Waals surface area contributed by atoms with Gasteiger partial charge in [-0.25, -0.2) is 8.42 Å². The minimum absolute atomic E-state index is 0.135. The molecule has 2 N–H and O–H groups in total. The van der Waals surface area contributed by atoms with Gasteiger partial charge in [-0.2, -0.15) is 0 Å². The summed E-state index contributed by atoms with van der Waals surface area (Å²) in [6.45, 7) is 0. The van der Waals surface area contributed by atoms with Gasteiger partial charge in [-0.15, -0.1) is 0 Å². The Morgan fingerprint density at radius 3 is 2.20 bits per heavy atom. The largest absolute Gasteiger partial charge is 0.497 e. The van der Waals surface area contributed by atoms with Crippen LogP contribution in [0.4, 0.5) is 11.4 Å². The second-order valence-electron chi connectivity index (χ2n) is 5.35. The smallest absolute Gasteiger partial charge is 0.229 e. The number of carbonyl (C=O) groups excluding carboxylic acids is 1. The Balaban J connectivity index is 2.03. The Bertz CT molecular complexity index is 848. The zero-order chi connectivity index (χ0) is 18.4.